The number of aryl methyl sites for hydroxylation is 1. The van der Waals surface area contributed by atoms with Gasteiger partial charge in [-0.3, -0.25) is 9.59 Å². The summed E-state index contributed by atoms with van der Waals surface area (Å²) in [5, 5.41) is 0. The van der Waals surface area contributed by atoms with Crippen molar-refractivity contribution in [2.75, 3.05) is 13.1 Å². The van der Waals surface area contributed by atoms with Gasteiger partial charge in [0.2, 0.25) is 0 Å². The molecule has 1 amide bonds. The molecule has 0 aliphatic heterocycles. The predicted octanol–water partition coefficient (Wildman–Crippen LogP) is 1.95. The fourth-order valence-electron chi connectivity index (χ4n) is 2.07. The Balaban J connectivity index is 2.17. The van der Waals surface area contributed by atoms with Gasteiger partial charge in [0.25, 0.3) is 11.5 Å². The maximum absolute atomic E-state index is 12.3. The van der Waals surface area contributed by atoms with E-state index in [0.717, 1.165) is 25.2 Å². The van der Waals surface area contributed by atoms with E-state index in [1.165, 1.54) is 12.8 Å². The smallest absolute Gasteiger partial charge is 0.260 e. The number of hydrogen-bond acceptors (Lipinski definition) is 2. The lowest BCUT2D eigenvalue weighted by atomic mass is 10.2. The number of rotatable bonds is 5. The minimum absolute atomic E-state index is 0.134. The highest BCUT2D eigenvalue weighted by molar-refractivity contribution is 5.93. The third-order valence-electron chi connectivity index (χ3n) is 3.24. The maximum Gasteiger partial charge on any atom is 0.260 e. The topological polar surface area (TPSA) is 53.2 Å². The van der Waals surface area contributed by atoms with E-state index < -0.39 is 0 Å². The minimum Gasteiger partial charge on any atom is -0.338 e. The monoisotopic (exact) mass is 248 g/mol. The van der Waals surface area contributed by atoms with Crippen LogP contribution < -0.4 is 5.56 Å². The second-order valence-corrected chi connectivity index (χ2v) is 5.08. The molecule has 0 radical (unpaired) electrons. The van der Waals surface area contributed by atoms with Crippen LogP contribution in [0.5, 0.6) is 0 Å². The average Bonchev–Trinajstić information content (AvgIpc) is 3.11. The van der Waals surface area contributed by atoms with Crippen molar-refractivity contribution < 1.29 is 4.79 Å². The highest BCUT2D eigenvalue weighted by Gasteiger charge is 2.27. The van der Waals surface area contributed by atoms with E-state index in [9.17, 15) is 9.59 Å². The van der Waals surface area contributed by atoms with E-state index in [4.69, 9.17) is 0 Å². The first kappa shape index (κ1) is 12.9. The second-order valence-electron chi connectivity index (χ2n) is 5.08. The van der Waals surface area contributed by atoms with Crippen molar-refractivity contribution in [2.45, 2.75) is 33.1 Å². The van der Waals surface area contributed by atoms with Crippen LogP contribution in [-0.2, 0) is 0 Å². The van der Waals surface area contributed by atoms with Gasteiger partial charge in [0.05, 0.1) is 0 Å². The third-order valence-corrected chi connectivity index (χ3v) is 3.24. The van der Waals surface area contributed by atoms with Gasteiger partial charge >= 0.3 is 0 Å². The fourth-order valence-corrected chi connectivity index (χ4v) is 2.07. The summed E-state index contributed by atoms with van der Waals surface area (Å²) in [7, 11) is 0. The number of nitrogens with zero attached hydrogens (tertiary/aromatic N) is 1. The zero-order chi connectivity index (χ0) is 13.1. The number of carbonyl (C=O) groups is 1. The van der Waals surface area contributed by atoms with E-state index in [2.05, 4.69) is 4.98 Å². The summed E-state index contributed by atoms with van der Waals surface area (Å²) >= 11 is 0. The summed E-state index contributed by atoms with van der Waals surface area (Å²) in [5.74, 6) is 0.509. The molecule has 4 nitrogen and oxygen atoms in total. The molecule has 18 heavy (non-hydrogen) atoms. The van der Waals surface area contributed by atoms with Crippen LogP contribution in [0.2, 0.25) is 0 Å². The van der Waals surface area contributed by atoms with Crippen molar-refractivity contribution in [2.24, 2.45) is 5.92 Å². The summed E-state index contributed by atoms with van der Waals surface area (Å²) in [4.78, 5) is 28.6. The number of hydrogen-bond donors (Lipinski definition) is 1. The standard InChI is InChI=1S/C14H20N2O2/c1-3-8-16(9-11-5-6-11)14(18)12-7-4-10(2)15-13(12)17/h4,7,11H,3,5-6,8-9H2,1-2H3,(H,15,17). The lowest BCUT2D eigenvalue weighted by Crippen LogP contribution is -2.36. The Hall–Kier alpha value is -1.58. The number of aromatic nitrogens is 1. The van der Waals surface area contributed by atoms with E-state index in [0.29, 0.717) is 5.92 Å². The molecule has 0 bridgehead atoms. The molecule has 1 heterocycles. The molecule has 4 heteroatoms. The van der Waals surface area contributed by atoms with Crippen LogP contribution in [0.1, 0.15) is 42.2 Å². The fraction of sp³-hybridized carbons (Fsp3) is 0.571. The van der Waals surface area contributed by atoms with Gasteiger partial charge in [-0.2, -0.15) is 0 Å². The molecule has 0 spiro atoms. The molecule has 1 N–H and O–H groups in total. The molecule has 1 saturated carbocycles. The van der Waals surface area contributed by atoms with Crippen LogP contribution in [0, 0.1) is 12.8 Å². The summed E-state index contributed by atoms with van der Waals surface area (Å²) in [6, 6.07) is 3.40. The molecule has 98 valence electrons. The molecule has 1 aliphatic rings. The number of amides is 1. The minimum atomic E-state index is -0.281. The summed E-state index contributed by atoms with van der Waals surface area (Å²) in [5.41, 5.74) is 0.757. The first-order valence-corrected chi connectivity index (χ1v) is 6.61. The predicted molar refractivity (Wildman–Crippen MR) is 70.7 cm³/mol. The van der Waals surface area contributed by atoms with Crippen LogP contribution >= 0.6 is 0 Å². The van der Waals surface area contributed by atoms with Crippen LogP contribution in [0.15, 0.2) is 16.9 Å². The number of aromatic amines is 1. The molecule has 0 unspecified atom stereocenters. The van der Waals surface area contributed by atoms with E-state index in [-0.39, 0.29) is 17.0 Å². The van der Waals surface area contributed by atoms with Crippen molar-refractivity contribution in [1.82, 2.24) is 9.88 Å². The molecular weight excluding hydrogens is 228 g/mol. The zero-order valence-electron chi connectivity index (χ0n) is 11.0. The van der Waals surface area contributed by atoms with Gasteiger partial charge in [-0.25, -0.2) is 0 Å². The highest BCUT2D eigenvalue weighted by Crippen LogP contribution is 2.30. The molecule has 0 atom stereocenters. The quantitative estimate of drug-likeness (QED) is 0.865. The normalized spacial score (nSPS) is 14.6. The van der Waals surface area contributed by atoms with Crippen molar-refractivity contribution in [3.05, 3.63) is 33.7 Å². The molecule has 1 aliphatic carbocycles. The number of pyridine rings is 1. The van der Waals surface area contributed by atoms with E-state index in [1.807, 2.05) is 18.7 Å². The SMILES string of the molecule is CCCN(CC1CC1)C(=O)c1ccc(C)[nH]c1=O. The van der Waals surface area contributed by atoms with Crippen LogP contribution in [0.25, 0.3) is 0 Å². The summed E-state index contributed by atoms with van der Waals surface area (Å²) in [6.45, 7) is 5.37. The summed E-state index contributed by atoms with van der Waals surface area (Å²) in [6.07, 6.45) is 3.33. The lowest BCUT2D eigenvalue weighted by Gasteiger charge is -2.21. The number of carbonyl (C=O) groups excluding carboxylic acids is 1. The Morgan fingerprint density at radius 3 is 2.72 bits per heavy atom. The molecular formula is C14H20N2O2. The Labute approximate surface area is 107 Å². The lowest BCUT2D eigenvalue weighted by molar-refractivity contribution is 0.0746. The van der Waals surface area contributed by atoms with Gasteiger partial charge in [-0.15, -0.1) is 0 Å². The largest absolute Gasteiger partial charge is 0.338 e. The second kappa shape index (κ2) is 5.38. The van der Waals surface area contributed by atoms with E-state index >= 15 is 0 Å². The van der Waals surface area contributed by atoms with Gasteiger partial charge in [-0.05, 0) is 44.2 Å². The van der Waals surface area contributed by atoms with Crippen LogP contribution in [-0.4, -0.2) is 28.9 Å². The number of nitrogens with one attached hydrogen (secondary N) is 1. The van der Waals surface area contributed by atoms with Crippen molar-refractivity contribution in [3.8, 4) is 0 Å². The van der Waals surface area contributed by atoms with Crippen LogP contribution in [0.4, 0.5) is 0 Å². The van der Waals surface area contributed by atoms with E-state index in [1.54, 1.807) is 12.1 Å². The average molecular weight is 248 g/mol. The molecule has 0 aromatic carbocycles. The molecule has 0 saturated heterocycles. The highest BCUT2D eigenvalue weighted by atomic mass is 16.2. The van der Waals surface area contributed by atoms with Crippen molar-refractivity contribution >= 4 is 5.91 Å². The first-order chi connectivity index (χ1) is 8.61. The molecule has 2 rings (SSSR count). The first-order valence-electron chi connectivity index (χ1n) is 6.61. The van der Waals surface area contributed by atoms with Gasteiger partial charge in [0.1, 0.15) is 5.56 Å². The Morgan fingerprint density at radius 1 is 1.44 bits per heavy atom. The van der Waals surface area contributed by atoms with Gasteiger partial charge in [0, 0.05) is 18.8 Å². The van der Waals surface area contributed by atoms with Crippen molar-refractivity contribution in [3.63, 3.8) is 0 Å². The molecule has 1 aromatic heterocycles. The number of H-pyrrole nitrogens is 1. The Bertz CT molecular complexity index is 489. The third kappa shape index (κ3) is 3.00. The van der Waals surface area contributed by atoms with Gasteiger partial charge in [-0.1, -0.05) is 6.92 Å². The molecule has 1 aromatic rings. The zero-order valence-corrected chi connectivity index (χ0v) is 11.0. The Kier molecular flexibility index (Phi) is 3.84. The van der Waals surface area contributed by atoms with Crippen LogP contribution in [0.3, 0.4) is 0 Å². The van der Waals surface area contributed by atoms with Gasteiger partial charge < -0.3 is 9.88 Å². The summed E-state index contributed by atoms with van der Waals surface area (Å²) < 4.78 is 0. The van der Waals surface area contributed by atoms with Crippen molar-refractivity contribution in [1.29, 1.82) is 0 Å². The Morgan fingerprint density at radius 2 is 2.17 bits per heavy atom. The van der Waals surface area contributed by atoms with Gasteiger partial charge in [0.15, 0.2) is 0 Å². The molecule has 1 fully saturated rings. The maximum atomic E-state index is 12.3.